The molecule has 7 aromatic carbocycles. The van der Waals surface area contributed by atoms with Crippen molar-refractivity contribution in [3.63, 3.8) is 0 Å². The highest BCUT2D eigenvalue weighted by molar-refractivity contribution is 6.31. The molecule has 0 fully saturated rings. The van der Waals surface area contributed by atoms with E-state index in [2.05, 4.69) is 120 Å². The Kier molecular flexibility index (Phi) is 5.34. The van der Waals surface area contributed by atoms with Gasteiger partial charge < -0.3 is 13.4 Å². The van der Waals surface area contributed by atoms with Gasteiger partial charge in [-0.3, -0.25) is 0 Å². The standard InChI is InChI=1S/C42H24ClNO2/c43-26-20-22-29-28-9-1-4-16-36(28)44(38(29)24-26)37-23-25(27-12-7-14-34-31-10-2-5-17-39(31)45-41(27)34)19-21-30(37)33-13-8-15-35-32-11-3-6-18-40(32)46-42(33)35/h1-24H. The van der Waals surface area contributed by atoms with Crippen LogP contribution in [0.15, 0.2) is 154 Å². The van der Waals surface area contributed by atoms with Gasteiger partial charge in [-0.15, -0.1) is 0 Å². The van der Waals surface area contributed by atoms with Crippen LogP contribution in [0.25, 0.3) is 93.6 Å². The topological polar surface area (TPSA) is 31.2 Å². The maximum atomic E-state index is 6.68. The Bertz CT molecular complexity index is 2830. The van der Waals surface area contributed by atoms with Crippen molar-refractivity contribution in [1.29, 1.82) is 0 Å². The molecule has 0 aliphatic rings. The first-order valence-electron chi connectivity index (χ1n) is 15.4. The van der Waals surface area contributed by atoms with E-state index < -0.39 is 0 Å². The van der Waals surface area contributed by atoms with Crippen molar-refractivity contribution in [2.45, 2.75) is 0 Å². The summed E-state index contributed by atoms with van der Waals surface area (Å²) in [6.07, 6.45) is 0. The molecule has 0 radical (unpaired) electrons. The van der Waals surface area contributed by atoms with E-state index in [4.69, 9.17) is 20.4 Å². The van der Waals surface area contributed by atoms with E-state index in [1.807, 2.05) is 30.3 Å². The number of halogens is 1. The molecule has 0 spiro atoms. The van der Waals surface area contributed by atoms with Crippen molar-refractivity contribution in [1.82, 2.24) is 4.57 Å². The molecule has 0 saturated heterocycles. The van der Waals surface area contributed by atoms with Gasteiger partial charge in [0.15, 0.2) is 0 Å². The molecule has 46 heavy (non-hydrogen) atoms. The molecule has 216 valence electrons. The van der Waals surface area contributed by atoms with Crippen LogP contribution in [0.4, 0.5) is 0 Å². The Morgan fingerprint density at radius 3 is 1.74 bits per heavy atom. The molecule has 0 unspecified atom stereocenters. The maximum absolute atomic E-state index is 6.68. The van der Waals surface area contributed by atoms with E-state index in [0.717, 1.165) is 88.2 Å². The Morgan fingerprint density at radius 1 is 0.413 bits per heavy atom. The van der Waals surface area contributed by atoms with Gasteiger partial charge in [0.2, 0.25) is 0 Å². The fourth-order valence-electron chi connectivity index (χ4n) is 7.25. The van der Waals surface area contributed by atoms with Crippen molar-refractivity contribution in [3.05, 3.63) is 151 Å². The predicted molar refractivity (Wildman–Crippen MR) is 191 cm³/mol. The van der Waals surface area contributed by atoms with Gasteiger partial charge in [-0.2, -0.15) is 0 Å². The Hall–Kier alpha value is -5.77. The van der Waals surface area contributed by atoms with Crippen LogP contribution in [0, 0.1) is 0 Å². The molecule has 3 aromatic heterocycles. The summed E-state index contributed by atoms with van der Waals surface area (Å²) in [4.78, 5) is 0. The molecule has 3 nitrogen and oxygen atoms in total. The fourth-order valence-corrected chi connectivity index (χ4v) is 7.42. The highest BCUT2D eigenvalue weighted by Crippen LogP contribution is 2.44. The highest BCUT2D eigenvalue weighted by Gasteiger charge is 2.21. The van der Waals surface area contributed by atoms with E-state index in [1.54, 1.807) is 0 Å². The first-order valence-corrected chi connectivity index (χ1v) is 15.8. The summed E-state index contributed by atoms with van der Waals surface area (Å²) in [6.45, 7) is 0. The summed E-state index contributed by atoms with van der Waals surface area (Å²) in [7, 11) is 0. The average Bonchev–Trinajstić information content (AvgIpc) is 3.77. The third-order valence-corrected chi connectivity index (χ3v) is 9.52. The number of hydrogen-bond donors (Lipinski definition) is 0. The lowest BCUT2D eigenvalue weighted by Crippen LogP contribution is -1.98. The first kappa shape index (κ1) is 25.5. The minimum atomic E-state index is 0.695. The van der Waals surface area contributed by atoms with Crippen LogP contribution < -0.4 is 0 Å². The first-order chi connectivity index (χ1) is 22.7. The Morgan fingerprint density at radius 2 is 1.00 bits per heavy atom. The van der Waals surface area contributed by atoms with Crippen molar-refractivity contribution in [2.24, 2.45) is 0 Å². The van der Waals surface area contributed by atoms with E-state index in [-0.39, 0.29) is 0 Å². The normalized spacial score (nSPS) is 12.0. The summed E-state index contributed by atoms with van der Waals surface area (Å²) in [5.41, 5.74) is 10.9. The van der Waals surface area contributed by atoms with Gasteiger partial charge in [-0.1, -0.05) is 121 Å². The predicted octanol–water partition coefficient (Wildman–Crippen LogP) is 12.6. The Labute approximate surface area is 268 Å². The quantitative estimate of drug-likeness (QED) is 0.199. The molecular formula is C42H24ClNO2. The van der Waals surface area contributed by atoms with Gasteiger partial charge >= 0.3 is 0 Å². The molecule has 0 aliphatic carbocycles. The smallest absolute Gasteiger partial charge is 0.143 e. The number of para-hydroxylation sites is 5. The zero-order valence-corrected chi connectivity index (χ0v) is 25.3. The van der Waals surface area contributed by atoms with Gasteiger partial charge in [0.05, 0.1) is 16.7 Å². The van der Waals surface area contributed by atoms with Crippen molar-refractivity contribution in [2.75, 3.05) is 0 Å². The lowest BCUT2D eigenvalue weighted by Gasteiger charge is -2.17. The van der Waals surface area contributed by atoms with Gasteiger partial charge in [0.25, 0.3) is 0 Å². The minimum absolute atomic E-state index is 0.695. The molecule has 0 amide bonds. The second-order valence-electron chi connectivity index (χ2n) is 11.8. The molecule has 0 N–H and O–H groups in total. The van der Waals surface area contributed by atoms with E-state index in [9.17, 15) is 0 Å². The summed E-state index contributed by atoms with van der Waals surface area (Å²) >= 11 is 6.68. The summed E-state index contributed by atoms with van der Waals surface area (Å²) in [5, 5.41) is 7.45. The third-order valence-electron chi connectivity index (χ3n) is 9.28. The number of aromatic nitrogens is 1. The van der Waals surface area contributed by atoms with Gasteiger partial charge in [-0.25, -0.2) is 0 Å². The van der Waals surface area contributed by atoms with Crippen LogP contribution in [0.2, 0.25) is 5.02 Å². The van der Waals surface area contributed by atoms with Crippen molar-refractivity contribution in [3.8, 4) is 27.9 Å². The molecule has 4 heteroatoms. The van der Waals surface area contributed by atoms with E-state index in [0.29, 0.717) is 5.02 Å². The van der Waals surface area contributed by atoms with Crippen LogP contribution >= 0.6 is 11.6 Å². The van der Waals surface area contributed by atoms with E-state index >= 15 is 0 Å². The molecule has 0 atom stereocenters. The number of furan rings is 2. The lowest BCUT2D eigenvalue weighted by atomic mass is 9.95. The molecular weight excluding hydrogens is 586 g/mol. The second-order valence-corrected chi connectivity index (χ2v) is 12.2. The summed E-state index contributed by atoms with van der Waals surface area (Å²) < 4.78 is 15.4. The van der Waals surface area contributed by atoms with Gasteiger partial charge in [-0.05, 0) is 42.0 Å². The number of hydrogen-bond acceptors (Lipinski definition) is 2. The zero-order chi connectivity index (χ0) is 30.4. The van der Waals surface area contributed by atoms with Crippen molar-refractivity contribution < 1.29 is 8.83 Å². The van der Waals surface area contributed by atoms with Crippen LogP contribution in [-0.4, -0.2) is 4.57 Å². The molecule has 10 rings (SSSR count). The lowest BCUT2D eigenvalue weighted by molar-refractivity contribution is 0.669. The largest absolute Gasteiger partial charge is 0.455 e. The van der Waals surface area contributed by atoms with Crippen LogP contribution in [0.5, 0.6) is 0 Å². The monoisotopic (exact) mass is 609 g/mol. The summed E-state index contributed by atoms with van der Waals surface area (Å²) in [5.74, 6) is 0. The van der Waals surface area contributed by atoms with Crippen LogP contribution in [0.3, 0.4) is 0 Å². The van der Waals surface area contributed by atoms with Gasteiger partial charge in [0, 0.05) is 54.0 Å². The molecule has 0 saturated carbocycles. The second kappa shape index (κ2) is 9.61. The van der Waals surface area contributed by atoms with Crippen LogP contribution in [-0.2, 0) is 0 Å². The fraction of sp³-hybridized carbons (Fsp3) is 0. The number of nitrogens with zero attached hydrogens (tertiary/aromatic N) is 1. The average molecular weight is 610 g/mol. The highest BCUT2D eigenvalue weighted by atomic mass is 35.5. The minimum Gasteiger partial charge on any atom is -0.455 e. The maximum Gasteiger partial charge on any atom is 0.143 e. The SMILES string of the molecule is Clc1ccc2c3ccccc3n(-c3cc(-c4cccc5c4oc4ccccc45)ccc3-c3cccc4c3oc3ccccc34)c2c1. The van der Waals surface area contributed by atoms with Crippen molar-refractivity contribution >= 4 is 77.3 Å². The zero-order valence-electron chi connectivity index (χ0n) is 24.5. The number of fused-ring (bicyclic) bond motifs is 9. The number of rotatable bonds is 3. The molecule has 10 aromatic rings. The number of benzene rings is 7. The van der Waals surface area contributed by atoms with E-state index in [1.165, 1.54) is 5.39 Å². The molecule has 0 aliphatic heterocycles. The third kappa shape index (κ3) is 3.61. The Balaban J connectivity index is 1.33. The molecule has 3 heterocycles. The van der Waals surface area contributed by atoms with Crippen LogP contribution in [0.1, 0.15) is 0 Å². The molecule has 0 bridgehead atoms. The summed E-state index contributed by atoms with van der Waals surface area (Å²) in [6, 6.07) is 50.7. The van der Waals surface area contributed by atoms with Gasteiger partial charge in [0.1, 0.15) is 22.3 Å².